The molecule has 0 aliphatic carbocycles. The van der Waals surface area contributed by atoms with Crippen LogP contribution in [0, 0.1) is 0 Å². The summed E-state index contributed by atoms with van der Waals surface area (Å²) in [5.41, 5.74) is 1.70. The molecule has 1 aromatic carbocycles. The lowest BCUT2D eigenvalue weighted by atomic mass is 10.2. The van der Waals surface area contributed by atoms with E-state index in [1.807, 2.05) is 0 Å². The second-order valence-electron chi connectivity index (χ2n) is 4.86. The number of carbonyl (C=O) groups excluding carboxylic acids is 1. The van der Waals surface area contributed by atoms with E-state index in [1.54, 1.807) is 43.8 Å². The molecule has 3 aromatic rings. The van der Waals surface area contributed by atoms with Gasteiger partial charge in [0.15, 0.2) is 11.5 Å². The van der Waals surface area contributed by atoms with Gasteiger partial charge >= 0.3 is 0 Å². The van der Waals surface area contributed by atoms with Gasteiger partial charge in [-0.3, -0.25) is 4.79 Å². The molecule has 0 fully saturated rings. The summed E-state index contributed by atoms with van der Waals surface area (Å²) in [4.78, 5) is 28.6. The maximum Gasteiger partial charge on any atom is 0.251 e. The first-order chi connectivity index (χ1) is 11.8. The molecule has 8 heteroatoms. The lowest BCUT2D eigenvalue weighted by Crippen LogP contribution is -2.28. The van der Waals surface area contributed by atoms with E-state index in [4.69, 9.17) is 4.74 Å². The molecule has 0 saturated heterocycles. The Labute approximate surface area is 138 Å². The molecule has 1 amide bonds. The predicted octanol–water partition coefficient (Wildman–Crippen LogP) is 1.27. The van der Waals surface area contributed by atoms with E-state index in [0.29, 0.717) is 41.4 Å². The molecule has 0 aliphatic heterocycles. The first-order valence-electron chi connectivity index (χ1n) is 7.36. The number of benzene rings is 1. The fraction of sp³-hybridized carbons (Fsp3) is 0.188. The number of nitrogens with zero attached hydrogens (tertiary/aromatic N) is 4. The Bertz CT molecular complexity index is 832. The summed E-state index contributed by atoms with van der Waals surface area (Å²) in [6.45, 7) is 0.946. The van der Waals surface area contributed by atoms with Crippen molar-refractivity contribution in [1.29, 1.82) is 0 Å². The molecule has 0 saturated carbocycles. The molecule has 2 heterocycles. The van der Waals surface area contributed by atoms with Gasteiger partial charge in [0, 0.05) is 31.0 Å². The largest absolute Gasteiger partial charge is 0.497 e. The summed E-state index contributed by atoms with van der Waals surface area (Å²) in [7, 11) is 1.59. The van der Waals surface area contributed by atoms with Crippen LogP contribution in [-0.4, -0.2) is 46.0 Å². The van der Waals surface area contributed by atoms with E-state index >= 15 is 0 Å². The van der Waals surface area contributed by atoms with Crippen LogP contribution in [0.1, 0.15) is 10.4 Å². The molecule has 0 atom stereocenters. The van der Waals surface area contributed by atoms with Crippen LogP contribution in [0.4, 0.5) is 5.82 Å². The molecule has 0 unspecified atom stereocenters. The Hall–Kier alpha value is -3.29. The highest BCUT2D eigenvalue weighted by Gasteiger charge is 2.06. The number of nitrogens with one attached hydrogen (secondary N) is 2. The second-order valence-corrected chi connectivity index (χ2v) is 4.86. The minimum absolute atomic E-state index is 0.146. The summed E-state index contributed by atoms with van der Waals surface area (Å²) >= 11 is 0. The fourth-order valence-corrected chi connectivity index (χ4v) is 2.13. The summed E-state index contributed by atoms with van der Waals surface area (Å²) in [5.74, 6) is 1.16. The molecular formula is C16H16N6O2. The van der Waals surface area contributed by atoms with Gasteiger partial charge in [-0.2, -0.15) is 0 Å². The van der Waals surface area contributed by atoms with Crippen LogP contribution >= 0.6 is 0 Å². The van der Waals surface area contributed by atoms with Crippen LogP contribution in [-0.2, 0) is 0 Å². The van der Waals surface area contributed by atoms with E-state index in [-0.39, 0.29) is 5.91 Å². The minimum Gasteiger partial charge on any atom is -0.497 e. The third-order valence-electron chi connectivity index (χ3n) is 3.33. The van der Waals surface area contributed by atoms with Gasteiger partial charge in [-0.05, 0) is 24.3 Å². The van der Waals surface area contributed by atoms with Crippen molar-refractivity contribution in [2.24, 2.45) is 0 Å². The van der Waals surface area contributed by atoms with E-state index < -0.39 is 0 Å². The molecule has 24 heavy (non-hydrogen) atoms. The van der Waals surface area contributed by atoms with E-state index in [2.05, 4.69) is 30.6 Å². The van der Waals surface area contributed by atoms with Crippen LogP contribution < -0.4 is 15.4 Å². The van der Waals surface area contributed by atoms with Crippen LogP contribution in [0.15, 0.2) is 43.0 Å². The Balaban J connectivity index is 1.53. The lowest BCUT2D eigenvalue weighted by Gasteiger charge is -2.08. The normalized spacial score (nSPS) is 10.4. The highest BCUT2D eigenvalue weighted by molar-refractivity contribution is 5.94. The quantitative estimate of drug-likeness (QED) is 0.658. The zero-order valence-electron chi connectivity index (χ0n) is 13.1. The smallest absolute Gasteiger partial charge is 0.251 e. The van der Waals surface area contributed by atoms with Gasteiger partial charge in [0.05, 0.1) is 7.11 Å². The van der Waals surface area contributed by atoms with Crippen molar-refractivity contribution in [3.8, 4) is 5.75 Å². The van der Waals surface area contributed by atoms with Crippen molar-refractivity contribution in [2.45, 2.75) is 0 Å². The van der Waals surface area contributed by atoms with E-state index in [1.165, 1.54) is 6.33 Å². The highest BCUT2D eigenvalue weighted by Crippen LogP contribution is 2.13. The average molecular weight is 324 g/mol. The fourth-order valence-electron chi connectivity index (χ4n) is 2.13. The van der Waals surface area contributed by atoms with Crippen LogP contribution in [0.3, 0.4) is 0 Å². The number of amides is 1. The second kappa shape index (κ2) is 7.32. The first-order valence-corrected chi connectivity index (χ1v) is 7.36. The number of anilines is 1. The topological polar surface area (TPSA) is 102 Å². The van der Waals surface area contributed by atoms with Crippen molar-refractivity contribution < 1.29 is 9.53 Å². The van der Waals surface area contributed by atoms with Gasteiger partial charge in [-0.25, -0.2) is 19.9 Å². The Morgan fingerprint density at radius 3 is 2.62 bits per heavy atom. The van der Waals surface area contributed by atoms with Crippen molar-refractivity contribution in [3.05, 3.63) is 48.5 Å². The predicted molar refractivity (Wildman–Crippen MR) is 88.9 cm³/mol. The van der Waals surface area contributed by atoms with E-state index in [9.17, 15) is 4.79 Å². The average Bonchev–Trinajstić information content (AvgIpc) is 2.65. The minimum atomic E-state index is -0.146. The number of hydrogen-bond acceptors (Lipinski definition) is 7. The lowest BCUT2D eigenvalue weighted by molar-refractivity contribution is 0.0955. The molecule has 0 aliphatic rings. The zero-order chi connectivity index (χ0) is 16.8. The molecule has 8 nitrogen and oxygen atoms in total. The number of hydrogen-bond donors (Lipinski definition) is 2. The third kappa shape index (κ3) is 3.54. The van der Waals surface area contributed by atoms with Gasteiger partial charge < -0.3 is 15.4 Å². The van der Waals surface area contributed by atoms with Gasteiger partial charge in [0.1, 0.15) is 17.6 Å². The number of aromatic nitrogens is 4. The number of carbonyl (C=O) groups is 1. The molecular weight excluding hydrogens is 308 g/mol. The Morgan fingerprint density at radius 2 is 1.83 bits per heavy atom. The molecule has 2 aromatic heterocycles. The zero-order valence-corrected chi connectivity index (χ0v) is 13.1. The van der Waals surface area contributed by atoms with Gasteiger partial charge in [-0.1, -0.05) is 0 Å². The van der Waals surface area contributed by atoms with Gasteiger partial charge in [0.25, 0.3) is 5.91 Å². The molecule has 3 rings (SSSR count). The monoisotopic (exact) mass is 324 g/mol. The van der Waals surface area contributed by atoms with Crippen molar-refractivity contribution in [3.63, 3.8) is 0 Å². The summed E-state index contributed by atoms with van der Waals surface area (Å²) in [5, 5.41) is 5.96. The molecule has 0 bridgehead atoms. The standard InChI is InChI=1S/C16H16N6O2/c1-24-12-4-2-11(3-5-12)16(23)20-9-8-19-15-13-14(21-10-22-15)18-7-6-17-13/h2-7,10H,8-9H2,1H3,(H,20,23)(H,18,19,21,22). The maximum absolute atomic E-state index is 12.0. The summed E-state index contributed by atoms with van der Waals surface area (Å²) in [6, 6.07) is 6.93. The van der Waals surface area contributed by atoms with Gasteiger partial charge in [-0.15, -0.1) is 0 Å². The maximum atomic E-state index is 12.0. The summed E-state index contributed by atoms with van der Waals surface area (Å²) < 4.78 is 5.07. The van der Waals surface area contributed by atoms with Gasteiger partial charge in [0.2, 0.25) is 0 Å². The SMILES string of the molecule is COc1ccc(C(=O)NCCNc2ncnc3nccnc23)cc1. The number of methoxy groups -OCH3 is 1. The van der Waals surface area contributed by atoms with Crippen LogP contribution in [0.25, 0.3) is 11.2 Å². The summed E-state index contributed by atoms with van der Waals surface area (Å²) in [6.07, 6.45) is 4.59. The molecule has 0 radical (unpaired) electrons. The van der Waals surface area contributed by atoms with Crippen molar-refractivity contribution in [2.75, 3.05) is 25.5 Å². The van der Waals surface area contributed by atoms with E-state index in [0.717, 1.165) is 0 Å². The first kappa shape index (κ1) is 15.6. The number of fused-ring (bicyclic) bond motifs is 1. The molecule has 122 valence electrons. The molecule has 2 N–H and O–H groups in total. The van der Waals surface area contributed by atoms with Crippen molar-refractivity contribution >= 4 is 22.9 Å². The van der Waals surface area contributed by atoms with Crippen LogP contribution in [0.2, 0.25) is 0 Å². The van der Waals surface area contributed by atoms with Crippen molar-refractivity contribution in [1.82, 2.24) is 25.3 Å². The van der Waals surface area contributed by atoms with Crippen LogP contribution in [0.5, 0.6) is 5.75 Å². The molecule has 0 spiro atoms. The third-order valence-corrected chi connectivity index (χ3v) is 3.33. The highest BCUT2D eigenvalue weighted by atomic mass is 16.5. The Morgan fingerprint density at radius 1 is 1.04 bits per heavy atom. The number of ether oxygens (including phenoxy) is 1. The Kier molecular flexibility index (Phi) is 4.76. The number of rotatable bonds is 6.